The Labute approximate surface area is 130 Å². The molecular weight excluding hydrogens is 292 g/mol. The van der Waals surface area contributed by atoms with Crippen molar-refractivity contribution >= 4 is 18.0 Å². The van der Waals surface area contributed by atoms with Gasteiger partial charge in [-0.3, -0.25) is 4.79 Å². The summed E-state index contributed by atoms with van der Waals surface area (Å²) < 4.78 is 9.62. The minimum Gasteiger partial charge on any atom is -0.467 e. The van der Waals surface area contributed by atoms with Crippen molar-refractivity contribution in [3.8, 4) is 0 Å². The second kappa shape index (κ2) is 8.57. The zero-order valence-corrected chi connectivity index (χ0v) is 13.9. The minimum absolute atomic E-state index is 0.211. The molecule has 0 rings (SSSR count). The highest BCUT2D eigenvalue weighted by Gasteiger charge is 2.29. The predicted molar refractivity (Wildman–Crippen MR) is 79.0 cm³/mol. The Morgan fingerprint density at radius 1 is 1.14 bits per heavy atom. The molecule has 3 N–H and O–H groups in total. The molecule has 0 aliphatic rings. The van der Waals surface area contributed by atoms with Gasteiger partial charge in [-0.05, 0) is 26.7 Å². The molecule has 0 saturated carbocycles. The van der Waals surface area contributed by atoms with Crippen LogP contribution in [0.15, 0.2) is 0 Å². The van der Waals surface area contributed by atoms with Gasteiger partial charge in [-0.1, -0.05) is 13.8 Å². The third kappa shape index (κ3) is 7.26. The van der Waals surface area contributed by atoms with Gasteiger partial charge in [-0.2, -0.15) is 0 Å². The zero-order chi connectivity index (χ0) is 17.5. The number of hydrogen-bond acceptors (Lipinski definition) is 6. The monoisotopic (exact) mass is 318 g/mol. The Morgan fingerprint density at radius 3 is 2.05 bits per heavy atom. The van der Waals surface area contributed by atoms with Crippen LogP contribution < -0.4 is 10.6 Å². The van der Waals surface area contributed by atoms with Crippen molar-refractivity contribution in [2.75, 3.05) is 13.7 Å². The Kier molecular flexibility index (Phi) is 7.86. The summed E-state index contributed by atoms with van der Waals surface area (Å²) in [5.41, 5.74) is -0.729. The molecule has 0 aromatic carbocycles. The fourth-order valence-corrected chi connectivity index (χ4v) is 1.52. The van der Waals surface area contributed by atoms with Gasteiger partial charge in [0.05, 0.1) is 13.7 Å². The van der Waals surface area contributed by atoms with Crippen molar-refractivity contribution in [3.63, 3.8) is 0 Å². The number of methoxy groups -OCH3 is 1. The lowest BCUT2D eigenvalue weighted by Gasteiger charge is -2.25. The number of esters is 1. The Morgan fingerprint density at radius 2 is 1.68 bits per heavy atom. The smallest absolute Gasteiger partial charge is 0.408 e. The molecule has 0 spiro atoms. The summed E-state index contributed by atoms with van der Waals surface area (Å²) in [4.78, 5) is 35.3. The first kappa shape index (κ1) is 20.2. The summed E-state index contributed by atoms with van der Waals surface area (Å²) in [5.74, 6) is -1.51. The van der Waals surface area contributed by atoms with E-state index in [1.165, 1.54) is 7.11 Å². The summed E-state index contributed by atoms with van der Waals surface area (Å²) in [5, 5.41) is 13.9. The zero-order valence-electron chi connectivity index (χ0n) is 13.9. The van der Waals surface area contributed by atoms with Gasteiger partial charge in [-0.15, -0.1) is 0 Å². The summed E-state index contributed by atoms with van der Waals surface area (Å²) >= 11 is 0. The molecule has 2 atom stereocenters. The van der Waals surface area contributed by atoms with Crippen LogP contribution in [-0.4, -0.2) is 54.5 Å². The Hall–Kier alpha value is -1.83. The molecule has 0 fully saturated rings. The summed E-state index contributed by atoms with van der Waals surface area (Å²) in [6.07, 6.45) is -0.833. The second-order valence-electron chi connectivity index (χ2n) is 6.13. The number of alkyl carbamates (subject to hydrolysis) is 1. The number of nitrogens with one attached hydrogen (secondary N) is 2. The lowest BCUT2D eigenvalue weighted by Crippen LogP contribution is -2.55. The predicted octanol–water partition coefficient (Wildman–Crippen LogP) is 0.186. The maximum absolute atomic E-state index is 12.1. The molecule has 0 radical (unpaired) electrons. The van der Waals surface area contributed by atoms with Gasteiger partial charge >= 0.3 is 12.1 Å². The van der Waals surface area contributed by atoms with E-state index in [4.69, 9.17) is 4.74 Å². The molecule has 2 amide bonds. The Balaban J connectivity index is 4.77. The first-order valence-corrected chi connectivity index (χ1v) is 7.00. The summed E-state index contributed by atoms with van der Waals surface area (Å²) in [7, 11) is 1.21. The third-order valence-electron chi connectivity index (χ3n) is 2.61. The molecule has 8 heteroatoms. The van der Waals surface area contributed by atoms with E-state index >= 15 is 0 Å². The molecular formula is C14H26N2O6. The lowest BCUT2D eigenvalue weighted by atomic mass is 10.0. The third-order valence-corrected chi connectivity index (χ3v) is 2.61. The minimum atomic E-state index is -1.22. The second-order valence-corrected chi connectivity index (χ2v) is 6.13. The van der Waals surface area contributed by atoms with Crippen LogP contribution in [0, 0.1) is 5.92 Å². The number of hydrogen-bond donors (Lipinski definition) is 3. The number of amides is 2. The van der Waals surface area contributed by atoms with Crippen molar-refractivity contribution in [1.82, 2.24) is 10.6 Å². The highest BCUT2D eigenvalue weighted by atomic mass is 16.6. The molecule has 128 valence electrons. The summed E-state index contributed by atoms with van der Waals surface area (Å²) in [6, 6.07) is -2.09. The number of rotatable bonds is 6. The molecule has 0 aliphatic heterocycles. The molecule has 0 aromatic rings. The van der Waals surface area contributed by atoms with E-state index in [9.17, 15) is 19.5 Å². The first-order valence-electron chi connectivity index (χ1n) is 7.00. The molecule has 0 unspecified atom stereocenters. The van der Waals surface area contributed by atoms with E-state index in [-0.39, 0.29) is 5.92 Å². The average molecular weight is 318 g/mol. The first-order chi connectivity index (χ1) is 10.0. The van der Waals surface area contributed by atoms with E-state index in [2.05, 4.69) is 15.4 Å². The van der Waals surface area contributed by atoms with Crippen molar-refractivity contribution in [3.05, 3.63) is 0 Å². The molecule has 22 heavy (non-hydrogen) atoms. The van der Waals surface area contributed by atoms with E-state index < -0.39 is 42.3 Å². The van der Waals surface area contributed by atoms with Gasteiger partial charge in [0, 0.05) is 0 Å². The van der Waals surface area contributed by atoms with Gasteiger partial charge in [0.2, 0.25) is 5.91 Å². The number of carbonyl (C=O) groups is 3. The van der Waals surface area contributed by atoms with E-state index in [1.807, 2.05) is 0 Å². The average Bonchev–Trinajstić information content (AvgIpc) is 2.38. The number of aliphatic hydroxyl groups excluding tert-OH is 1. The molecule has 0 heterocycles. The van der Waals surface area contributed by atoms with E-state index in [0.29, 0.717) is 0 Å². The number of ether oxygens (including phenoxy) is 2. The quantitative estimate of drug-likeness (QED) is 0.602. The van der Waals surface area contributed by atoms with Crippen molar-refractivity contribution in [1.29, 1.82) is 0 Å². The molecule has 0 aliphatic carbocycles. The molecule has 0 aromatic heterocycles. The largest absolute Gasteiger partial charge is 0.467 e. The molecule has 8 nitrogen and oxygen atoms in total. The fraction of sp³-hybridized carbons (Fsp3) is 0.786. The van der Waals surface area contributed by atoms with Crippen LogP contribution in [-0.2, 0) is 19.1 Å². The maximum Gasteiger partial charge on any atom is 0.408 e. The van der Waals surface area contributed by atoms with E-state index in [1.54, 1.807) is 34.6 Å². The van der Waals surface area contributed by atoms with Crippen LogP contribution in [0.5, 0.6) is 0 Å². The van der Waals surface area contributed by atoms with Crippen LogP contribution in [0.1, 0.15) is 34.6 Å². The standard InChI is InChI=1S/C14H26N2O6/c1-8(2)10(12(19)21-6)16-11(18)9(7-17)15-13(20)22-14(3,4)5/h8-10,17H,7H2,1-6H3,(H,15,20)(H,16,18)/t9-,10-/m0/s1. The van der Waals surface area contributed by atoms with E-state index in [0.717, 1.165) is 0 Å². The highest BCUT2D eigenvalue weighted by Crippen LogP contribution is 2.07. The van der Waals surface area contributed by atoms with Crippen LogP contribution in [0.2, 0.25) is 0 Å². The van der Waals surface area contributed by atoms with Crippen LogP contribution >= 0.6 is 0 Å². The Bertz CT molecular complexity index is 403. The topological polar surface area (TPSA) is 114 Å². The van der Waals surface area contributed by atoms with Crippen molar-refractivity contribution in [2.45, 2.75) is 52.3 Å². The fourth-order valence-electron chi connectivity index (χ4n) is 1.52. The molecule has 0 bridgehead atoms. The van der Waals surface area contributed by atoms with Crippen LogP contribution in [0.25, 0.3) is 0 Å². The molecule has 0 saturated heterocycles. The van der Waals surface area contributed by atoms with Crippen LogP contribution in [0.4, 0.5) is 4.79 Å². The van der Waals surface area contributed by atoms with Gasteiger partial charge in [0.25, 0.3) is 0 Å². The van der Waals surface area contributed by atoms with Gasteiger partial charge in [0.15, 0.2) is 0 Å². The highest BCUT2D eigenvalue weighted by molar-refractivity contribution is 5.89. The number of carbonyl (C=O) groups excluding carboxylic acids is 3. The summed E-state index contributed by atoms with van der Waals surface area (Å²) in [6.45, 7) is 7.86. The SMILES string of the molecule is COC(=O)[C@@H](NC(=O)[C@H](CO)NC(=O)OC(C)(C)C)C(C)C. The number of aliphatic hydroxyl groups is 1. The normalized spacial score (nSPS) is 14.0. The van der Waals surface area contributed by atoms with Gasteiger partial charge in [0.1, 0.15) is 17.7 Å². The van der Waals surface area contributed by atoms with Gasteiger partial charge in [-0.25, -0.2) is 9.59 Å². The van der Waals surface area contributed by atoms with Crippen molar-refractivity contribution < 1.29 is 29.0 Å². The van der Waals surface area contributed by atoms with Gasteiger partial charge < -0.3 is 25.2 Å². The lowest BCUT2D eigenvalue weighted by molar-refractivity contribution is -0.146. The maximum atomic E-state index is 12.1. The van der Waals surface area contributed by atoms with Crippen LogP contribution in [0.3, 0.4) is 0 Å². The van der Waals surface area contributed by atoms with Crippen molar-refractivity contribution in [2.24, 2.45) is 5.92 Å².